The van der Waals surface area contributed by atoms with Gasteiger partial charge in [0.2, 0.25) is 0 Å². The van der Waals surface area contributed by atoms with Gasteiger partial charge in [-0.05, 0) is 72.3 Å². The summed E-state index contributed by atoms with van der Waals surface area (Å²) in [7, 11) is 0. The van der Waals surface area contributed by atoms with Crippen molar-refractivity contribution >= 4 is 58.5 Å². The van der Waals surface area contributed by atoms with Gasteiger partial charge in [0.25, 0.3) is 11.8 Å². The fourth-order valence-electron chi connectivity index (χ4n) is 3.42. The summed E-state index contributed by atoms with van der Waals surface area (Å²) in [6.07, 6.45) is -0.551. The highest BCUT2D eigenvalue weighted by molar-refractivity contribution is 6.31. The van der Waals surface area contributed by atoms with Crippen LogP contribution in [-0.4, -0.2) is 22.8 Å². The molecule has 4 aromatic rings. The Kier molecular flexibility index (Phi) is 9.86. The van der Waals surface area contributed by atoms with Gasteiger partial charge in [-0.3, -0.25) is 25.4 Å². The van der Waals surface area contributed by atoms with Crippen molar-refractivity contribution in [1.82, 2.24) is 15.8 Å². The Bertz CT molecular complexity index is 1660. The van der Waals surface area contributed by atoms with Crippen molar-refractivity contribution in [2.24, 2.45) is 0 Å². The first-order valence-corrected chi connectivity index (χ1v) is 12.9. The van der Waals surface area contributed by atoms with E-state index in [-0.39, 0.29) is 17.1 Å². The van der Waals surface area contributed by atoms with E-state index in [0.29, 0.717) is 16.5 Å². The summed E-state index contributed by atoms with van der Waals surface area (Å²) in [5.74, 6) is -0.656. The number of benzene rings is 3. The van der Waals surface area contributed by atoms with Crippen LogP contribution in [0.5, 0.6) is 11.5 Å². The molecule has 0 aliphatic heterocycles. The molecule has 0 unspecified atom stereocenters. The first-order valence-electron chi connectivity index (χ1n) is 12.2. The molecule has 0 saturated carbocycles. The molecule has 1 heterocycles. The Labute approximate surface area is 252 Å². The zero-order valence-electron chi connectivity index (χ0n) is 21.7. The average molecular weight is 630 g/mol. The number of urea groups is 1. The summed E-state index contributed by atoms with van der Waals surface area (Å²) in [6.45, 7) is 0. The molecule has 0 atom stereocenters. The van der Waals surface area contributed by atoms with Gasteiger partial charge in [-0.1, -0.05) is 35.3 Å². The number of anilines is 2. The topological polar surface area (TPSA) is 121 Å². The molecule has 220 valence electrons. The van der Waals surface area contributed by atoms with Crippen molar-refractivity contribution < 1.29 is 32.3 Å². The van der Waals surface area contributed by atoms with Crippen LogP contribution in [-0.2, 0) is 11.0 Å². The summed E-state index contributed by atoms with van der Waals surface area (Å²) in [4.78, 5) is 40.7. The second-order valence-corrected chi connectivity index (χ2v) is 9.45. The highest BCUT2D eigenvalue weighted by Gasteiger charge is 2.33. The standard InChI is InChI=1S/C29H20Cl2F3N5O4/c30-18-4-1-17(2-5-18)3-12-26(40)38-39-27(41)25-16-22(13-14-35-25)43-21-9-6-19(7-10-21)36-28(42)37-20-8-11-24(31)23(15-20)29(32,33)34/h1-16H,(H,38,40)(H,39,41)(H2,36,37,42). The van der Waals surface area contributed by atoms with Gasteiger partial charge in [0.15, 0.2) is 0 Å². The number of hydrogen-bond donors (Lipinski definition) is 4. The molecule has 3 aromatic carbocycles. The lowest BCUT2D eigenvalue weighted by Crippen LogP contribution is -2.41. The maximum absolute atomic E-state index is 13.0. The van der Waals surface area contributed by atoms with Crippen LogP contribution < -0.4 is 26.2 Å². The molecule has 0 saturated heterocycles. The number of pyridine rings is 1. The molecule has 43 heavy (non-hydrogen) atoms. The molecule has 0 aliphatic rings. The van der Waals surface area contributed by atoms with Gasteiger partial charge in [0, 0.05) is 34.7 Å². The van der Waals surface area contributed by atoms with Crippen LogP contribution in [0.2, 0.25) is 10.0 Å². The summed E-state index contributed by atoms with van der Waals surface area (Å²) >= 11 is 11.4. The molecule has 14 heteroatoms. The fourth-order valence-corrected chi connectivity index (χ4v) is 3.78. The molecular weight excluding hydrogens is 610 g/mol. The number of hydrazine groups is 1. The van der Waals surface area contributed by atoms with Crippen LogP contribution in [0, 0.1) is 0 Å². The Morgan fingerprint density at radius 2 is 1.47 bits per heavy atom. The number of alkyl halides is 3. The Balaban J connectivity index is 1.29. The van der Waals surface area contributed by atoms with E-state index in [1.54, 1.807) is 30.3 Å². The summed E-state index contributed by atoms with van der Waals surface area (Å²) < 4.78 is 44.9. The Hall–Kier alpha value is -5.07. The normalized spacial score (nSPS) is 11.1. The summed E-state index contributed by atoms with van der Waals surface area (Å²) in [5, 5.41) is 4.89. The minimum Gasteiger partial charge on any atom is -0.457 e. The average Bonchev–Trinajstić information content (AvgIpc) is 2.97. The highest BCUT2D eigenvalue weighted by Crippen LogP contribution is 2.36. The zero-order chi connectivity index (χ0) is 31.0. The third-order valence-corrected chi connectivity index (χ3v) is 6.02. The molecule has 4 N–H and O–H groups in total. The maximum Gasteiger partial charge on any atom is 0.417 e. The molecule has 4 amide bonds. The zero-order valence-corrected chi connectivity index (χ0v) is 23.2. The van der Waals surface area contributed by atoms with E-state index in [2.05, 4.69) is 26.5 Å². The number of ether oxygens (including phenoxy) is 1. The quantitative estimate of drug-likeness (QED) is 0.126. The largest absolute Gasteiger partial charge is 0.457 e. The van der Waals surface area contributed by atoms with E-state index in [1.165, 1.54) is 54.7 Å². The van der Waals surface area contributed by atoms with E-state index in [4.69, 9.17) is 27.9 Å². The lowest BCUT2D eigenvalue weighted by atomic mass is 10.2. The number of nitrogens with zero attached hydrogens (tertiary/aromatic N) is 1. The van der Waals surface area contributed by atoms with E-state index < -0.39 is 34.6 Å². The van der Waals surface area contributed by atoms with Crippen molar-refractivity contribution in [2.45, 2.75) is 6.18 Å². The predicted octanol–water partition coefficient (Wildman–Crippen LogP) is 7.32. The molecule has 0 aliphatic carbocycles. The molecule has 0 spiro atoms. The molecule has 9 nitrogen and oxygen atoms in total. The van der Waals surface area contributed by atoms with Gasteiger partial charge < -0.3 is 15.4 Å². The minimum absolute atomic E-state index is 0.0367. The molecule has 0 fully saturated rings. The van der Waals surface area contributed by atoms with E-state index in [1.807, 2.05) is 0 Å². The van der Waals surface area contributed by atoms with Crippen molar-refractivity contribution in [3.8, 4) is 11.5 Å². The van der Waals surface area contributed by atoms with Crippen molar-refractivity contribution in [3.63, 3.8) is 0 Å². The number of nitrogens with one attached hydrogen (secondary N) is 4. The van der Waals surface area contributed by atoms with Crippen LogP contribution in [0.25, 0.3) is 6.08 Å². The van der Waals surface area contributed by atoms with Crippen LogP contribution in [0.1, 0.15) is 21.6 Å². The molecule has 0 bridgehead atoms. The van der Waals surface area contributed by atoms with Crippen LogP contribution >= 0.6 is 23.2 Å². The number of rotatable bonds is 7. The van der Waals surface area contributed by atoms with Gasteiger partial charge >= 0.3 is 12.2 Å². The number of amides is 4. The van der Waals surface area contributed by atoms with Crippen molar-refractivity contribution in [3.05, 3.63) is 118 Å². The van der Waals surface area contributed by atoms with Crippen LogP contribution in [0.3, 0.4) is 0 Å². The molecule has 0 radical (unpaired) electrons. The van der Waals surface area contributed by atoms with Crippen molar-refractivity contribution in [2.75, 3.05) is 10.6 Å². The van der Waals surface area contributed by atoms with Gasteiger partial charge in [-0.15, -0.1) is 0 Å². The third-order valence-electron chi connectivity index (χ3n) is 5.44. The fraction of sp³-hybridized carbons (Fsp3) is 0.0345. The van der Waals surface area contributed by atoms with E-state index in [0.717, 1.165) is 17.7 Å². The van der Waals surface area contributed by atoms with Crippen LogP contribution in [0.15, 0.2) is 91.1 Å². The van der Waals surface area contributed by atoms with Gasteiger partial charge in [0.05, 0.1) is 10.6 Å². The molecule has 4 rings (SSSR count). The SMILES string of the molecule is O=C(C=Cc1ccc(Cl)cc1)NNC(=O)c1cc(Oc2ccc(NC(=O)Nc3ccc(Cl)c(C(F)(F)F)c3)cc2)ccn1. The first kappa shape index (κ1) is 30.9. The second-order valence-electron chi connectivity index (χ2n) is 8.60. The van der Waals surface area contributed by atoms with Gasteiger partial charge in [-0.2, -0.15) is 13.2 Å². The second kappa shape index (κ2) is 13.7. The van der Waals surface area contributed by atoms with Gasteiger partial charge in [0.1, 0.15) is 17.2 Å². The minimum atomic E-state index is -4.67. The smallest absolute Gasteiger partial charge is 0.417 e. The summed E-state index contributed by atoms with van der Waals surface area (Å²) in [5.41, 5.74) is 4.37. The number of carbonyl (C=O) groups excluding carboxylic acids is 3. The first-order chi connectivity index (χ1) is 20.5. The lowest BCUT2D eigenvalue weighted by Gasteiger charge is -2.12. The number of carbonyl (C=O) groups is 3. The number of hydrogen-bond acceptors (Lipinski definition) is 5. The maximum atomic E-state index is 13.0. The molecule has 1 aromatic heterocycles. The van der Waals surface area contributed by atoms with E-state index in [9.17, 15) is 27.6 Å². The Morgan fingerprint density at radius 1 is 0.791 bits per heavy atom. The number of aromatic nitrogens is 1. The number of halogens is 5. The predicted molar refractivity (Wildman–Crippen MR) is 156 cm³/mol. The highest BCUT2D eigenvalue weighted by atomic mass is 35.5. The Morgan fingerprint density at radius 3 is 2.16 bits per heavy atom. The van der Waals surface area contributed by atoms with Crippen LogP contribution in [0.4, 0.5) is 29.3 Å². The monoisotopic (exact) mass is 629 g/mol. The molecular formula is C29H20Cl2F3N5O4. The third kappa shape index (κ3) is 9.21. The van der Waals surface area contributed by atoms with Gasteiger partial charge in [-0.25, -0.2) is 4.79 Å². The lowest BCUT2D eigenvalue weighted by molar-refractivity contribution is -0.137. The van der Waals surface area contributed by atoms with Crippen molar-refractivity contribution in [1.29, 1.82) is 0 Å². The van der Waals surface area contributed by atoms with E-state index >= 15 is 0 Å². The summed E-state index contributed by atoms with van der Waals surface area (Å²) in [6, 6.07) is 17.9.